The van der Waals surface area contributed by atoms with Crippen molar-refractivity contribution in [2.45, 2.75) is 38.8 Å². The van der Waals surface area contributed by atoms with Crippen LogP contribution in [0.25, 0.3) is 0 Å². The van der Waals surface area contributed by atoms with Crippen molar-refractivity contribution < 1.29 is 19.8 Å². The van der Waals surface area contributed by atoms with Crippen LogP contribution in [0.4, 0.5) is 0 Å². The topological polar surface area (TPSA) is 98.7 Å². The van der Waals surface area contributed by atoms with Gasteiger partial charge in [0.15, 0.2) is 0 Å². The second-order valence-electron chi connectivity index (χ2n) is 3.56. The van der Waals surface area contributed by atoms with Crippen LogP contribution in [0, 0.1) is 0 Å². The number of carboxylic acids is 2. The summed E-state index contributed by atoms with van der Waals surface area (Å²) in [5.41, 5.74) is 0. The van der Waals surface area contributed by atoms with Crippen molar-refractivity contribution in [2.75, 3.05) is 13.1 Å². The van der Waals surface area contributed by atoms with Crippen LogP contribution in [-0.2, 0) is 9.59 Å². The molecule has 1 atom stereocenters. The highest BCUT2D eigenvalue weighted by atomic mass is 16.4. The predicted octanol–water partition coefficient (Wildman–Crippen LogP) is 0.241. The van der Waals surface area contributed by atoms with Crippen molar-refractivity contribution in [1.82, 2.24) is 10.6 Å². The highest BCUT2D eigenvalue weighted by molar-refractivity contribution is 5.67. The van der Waals surface area contributed by atoms with Gasteiger partial charge in [0.2, 0.25) is 0 Å². The van der Waals surface area contributed by atoms with E-state index in [4.69, 9.17) is 10.2 Å². The number of hydrogen-bond donors (Lipinski definition) is 4. The summed E-state index contributed by atoms with van der Waals surface area (Å²) < 4.78 is 0. The van der Waals surface area contributed by atoms with Crippen LogP contribution in [0.2, 0.25) is 0 Å². The van der Waals surface area contributed by atoms with E-state index in [9.17, 15) is 9.59 Å². The third-order valence-corrected chi connectivity index (χ3v) is 2.03. The van der Waals surface area contributed by atoms with E-state index in [2.05, 4.69) is 10.6 Å². The minimum atomic E-state index is -0.906. The monoisotopic (exact) mass is 232 g/mol. The number of carbonyl (C=O) groups is 2. The van der Waals surface area contributed by atoms with Crippen LogP contribution < -0.4 is 10.6 Å². The molecule has 0 aliphatic heterocycles. The van der Waals surface area contributed by atoms with Gasteiger partial charge < -0.3 is 20.8 Å². The molecule has 0 saturated heterocycles. The van der Waals surface area contributed by atoms with E-state index < -0.39 is 11.9 Å². The van der Waals surface area contributed by atoms with Gasteiger partial charge in [0.05, 0.1) is 19.0 Å². The zero-order chi connectivity index (χ0) is 12.4. The van der Waals surface area contributed by atoms with E-state index in [0.29, 0.717) is 0 Å². The van der Waals surface area contributed by atoms with E-state index >= 15 is 0 Å². The summed E-state index contributed by atoms with van der Waals surface area (Å²) in [6, 6.07) is 0. The molecule has 16 heavy (non-hydrogen) atoms. The van der Waals surface area contributed by atoms with Crippen molar-refractivity contribution in [2.24, 2.45) is 0 Å². The van der Waals surface area contributed by atoms with Gasteiger partial charge in [-0.3, -0.25) is 9.59 Å². The number of rotatable bonds is 10. The first-order chi connectivity index (χ1) is 7.56. The van der Waals surface area contributed by atoms with E-state index in [1.165, 1.54) is 0 Å². The fourth-order valence-electron chi connectivity index (χ4n) is 1.20. The van der Waals surface area contributed by atoms with Crippen molar-refractivity contribution in [3.8, 4) is 0 Å². The Morgan fingerprint density at radius 3 is 2.25 bits per heavy atom. The van der Waals surface area contributed by atoms with Crippen LogP contribution >= 0.6 is 0 Å². The van der Waals surface area contributed by atoms with E-state index in [1.807, 2.05) is 6.92 Å². The Morgan fingerprint density at radius 2 is 1.75 bits per heavy atom. The van der Waals surface area contributed by atoms with Crippen LogP contribution in [0.5, 0.6) is 0 Å². The lowest BCUT2D eigenvalue weighted by atomic mass is 10.3. The van der Waals surface area contributed by atoms with Gasteiger partial charge in [-0.2, -0.15) is 0 Å². The molecule has 94 valence electrons. The molecule has 1 unspecified atom stereocenters. The smallest absolute Gasteiger partial charge is 0.306 e. The van der Waals surface area contributed by atoms with Gasteiger partial charge in [0, 0.05) is 6.54 Å². The van der Waals surface area contributed by atoms with Crippen LogP contribution in [-0.4, -0.2) is 41.4 Å². The van der Waals surface area contributed by atoms with Crippen molar-refractivity contribution in [3.05, 3.63) is 0 Å². The van der Waals surface area contributed by atoms with E-state index in [1.54, 1.807) is 0 Å². The van der Waals surface area contributed by atoms with Crippen molar-refractivity contribution >= 4 is 11.9 Å². The molecule has 0 rings (SSSR count). The average Bonchev–Trinajstić information content (AvgIpc) is 2.16. The summed E-state index contributed by atoms with van der Waals surface area (Å²) in [6.45, 7) is 3.05. The molecule has 4 N–H and O–H groups in total. The first-order valence-corrected chi connectivity index (χ1v) is 5.46. The Bertz CT molecular complexity index is 221. The average molecular weight is 232 g/mol. The molecule has 0 radical (unpaired) electrons. The maximum Gasteiger partial charge on any atom is 0.306 e. The maximum absolute atomic E-state index is 10.5. The number of carboxylic acid groups (broad SMARTS) is 2. The molecule has 0 fully saturated rings. The molecule has 0 bridgehead atoms. The first kappa shape index (κ1) is 14.9. The fourth-order valence-corrected chi connectivity index (χ4v) is 1.20. The molecule has 0 aromatic carbocycles. The molecule has 0 heterocycles. The molecular weight excluding hydrogens is 212 g/mol. The summed E-state index contributed by atoms with van der Waals surface area (Å²) >= 11 is 0. The van der Waals surface area contributed by atoms with Gasteiger partial charge in [0.1, 0.15) is 0 Å². The Balaban J connectivity index is 3.80. The molecule has 6 nitrogen and oxygen atoms in total. The minimum absolute atomic E-state index is 0.00836. The van der Waals surface area contributed by atoms with Crippen molar-refractivity contribution in [3.63, 3.8) is 0 Å². The predicted molar refractivity (Wildman–Crippen MR) is 59.2 cm³/mol. The maximum atomic E-state index is 10.5. The Morgan fingerprint density at radius 1 is 1.12 bits per heavy atom. The van der Waals surface area contributed by atoms with Crippen LogP contribution in [0.1, 0.15) is 32.6 Å². The van der Waals surface area contributed by atoms with Gasteiger partial charge in [0.25, 0.3) is 0 Å². The fraction of sp³-hybridized carbons (Fsp3) is 0.800. The summed E-state index contributed by atoms with van der Waals surface area (Å²) in [6.07, 6.45) is 1.58. The molecule has 0 aromatic heterocycles. The normalized spacial score (nSPS) is 12.3. The molecule has 0 aliphatic carbocycles. The lowest BCUT2D eigenvalue weighted by Gasteiger charge is -2.17. The molecule has 0 aliphatic rings. The Hall–Kier alpha value is -1.14. The summed E-state index contributed by atoms with van der Waals surface area (Å²) in [7, 11) is 0. The van der Waals surface area contributed by atoms with Gasteiger partial charge >= 0.3 is 11.9 Å². The van der Waals surface area contributed by atoms with Gasteiger partial charge in [-0.15, -0.1) is 0 Å². The van der Waals surface area contributed by atoms with Crippen LogP contribution in [0.3, 0.4) is 0 Å². The zero-order valence-corrected chi connectivity index (χ0v) is 9.53. The Labute approximate surface area is 95.0 Å². The van der Waals surface area contributed by atoms with Crippen molar-refractivity contribution in [1.29, 1.82) is 0 Å². The standard InChI is InChI=1S/C10H20N2O4/c1-2-3-5-11-8(7-10(15)16)12-6-4-9(13)14/h8,11-12H,2-7H2,1H3,(H,13,14)(H,15,16). The molecule has 0 saturated carbocycles. The number of unbranched alkanes of at least 4 members (excludes halogenated alkanes) is 1. The summed E-state index contributed by atoms with van der Waals surface area (Å²) in [5.74, 6) is -1.80. The third-order valence-electron chi connectivity index (χ3n) is 2.03. The highest BCUT2D eigenvalue weighted by Crippen LogP contribution is 1.91. The summed E-state index contributed by atoms with van der Waals surface area (Å²) in [5, 5.41) is 23.0. The van der Waals surface area contributed by atoms with Gasteiger partial charge in [-0.05, 0) is 13.0 Å². The molecule has 0 aromatic rings. The van der Waals surface area contributed by atoms with Gasteiger partial charge in [-0.1, -0.05) is 13.3 Å². The molecule has 0 spiro atoms. The van der Waals surface area contributed by atoms with E-state index in [0.717, 1.165) is 19.4 Å². The lowest BCUT2D eigenvalue weighted by Crippen LogP contribution is -2.44. The SMILES string of the molecule is CCCCNC(CC(=O)O)NCCC(=O)O. The number of hydrogen-bond acceptors (Lipinski definition) is 4. The molecular formula is C10H20N2O4. The van der Waals surface area contributed by atoms with Gasteiger partial charge in [-0.25, -0.2) is 0 Å². The number of nitrogens with one attached hydrogen (secondary N) is 2. The second-order valence-corrected chi connectivity index (χ2v) is 3.56. The second kappa shape index (κ2) is 9.11. The Kier molecular flexibility index (Phi) is 8.46. The first-order valence-electron chi connectivity index (χ1n) is 5.46. The quantitative estimate of drug-likeness (QED) is 0.318. The summed E-state index contributed by atoms with van der Waals surface area (Å²) in [4.78, 5) is 20.8. The third kappa shape index (κ3) is 9.42. The van der Waals surface area contributed by atoms with Crippen LogP contribution in [0.15, 0.2) is 0 Å². The lowest BCUT2D eigenvalue weighted by molar-refractivity contribution is -0.137. The molecule has 0 amide bonds. The largest absolute Gasteiger partial charge is 0.481 e. The molecule has 6 heteroatoms. The highest BCUT2D eigenvalue weighted by Gasteiger charge is 2.11. The van der Waals surface area contributed by atoms with E-state index in [-0.39, 0.29) is 25.6 Å². The number of aliphatic carboxylic acids is 2. The minimum Gasteiger partial charge on any atom is -0.481 e. The zero-order valence-electron chi connectivity index (χ0n) is 9.53.